The van der Waals surface area contributed by atoms with E-state index in [1.165, 1.54) is 0 Å². The number of anilines is 1. The first kappa shape index (κ1) is 24.6. The predicted molar refractivity (Wildman–Crippen MR) is 126 cm³/mol. The van der Waals surface area contributed by atoms with Gasteiger partial charge in [0.2, 0.25) is 11.8 Å². The molecule has 178 valence electrons. The molecule has 33 heavy (non-hydrogen) atoms. The van der Waals surface area contributed by atoms with Crippen molar-refractivity contribution in [3.63, 3.8) is 0 Å². The van der Waals surface area contributed by atoms with E-state index >= 15 is 0 Å². The summed E-state index contributed by atoms with van der Waals surface area (Å²) in [5.74, 6) is 1.16. The molecule has 0 atom stereocenters. The summed E-state index contributed by atoms with van der Waals surface area (Å²) in [7, 11) is 0. The summed E-state index contributed by atoms with van der Waals surface area (Å²) in [5.41, 5.74) is 2.25. The van der Waals surface area contributed by atoms with Crippen molar-refractivity contribution >= 4 is 17.6 Å². The predicted octanol–water partition coefficient (Wildman–Crippen LogP) is 2.09. The highest BCUT2D eigenvalue weighted by molar-refractivity contribution is 5.93. The Bertz CT molecular complexity index is 981. The average molecular weight is 455 g/mol. The van der Waals surface area contributed by atoms with E-state index in [2.05, 4.69) is 33.4 Å². The van der Waals surface area contributed by atoms with Crippen LogP contribution in [0.4, 0.5) is 5.82 Å². The minimum Gasteiger partial charge on any atom is -0.467 e. The van der Waals surface area contributed by atoms with Gasteiger partial charge >= 0.3 is 0 Å². The molecule has 9 heteroatoms. The van der Waals surface area contributed by atoms with E-state index in [0.717, 1.165) is 49.5 Å². The van der Waals surface area contributed by atoms with Crippen LogP contribution in [0.2, 0.25) is 0 Å². The Kier molecular flexibility index (Phi) is 8.69. The van der Waals surface area contributed by atoms with Gasteiger partial charge in [-0.2, -0.15) is 5.26 Å². The van der Waals surface area contributed by atoms with Gasteiger partial charge in [0.1, 0.15) is 17.6 Å². The fourth-order valence-corrected chi connectivity index (χ4v) is 4.03. The maximum Gasteiger partial charge on any atom is 0.239 e. The van der Waals surface area contributed by atoms with Crippen LogP contribution in [0.1, 0.15) is 42.3 Å². The molecular formula is C24H34N6O3. The topological polar surface area (TPSA) is 107 Å². The highest BCUT2D eigenvalue weighted by Gasteiger charge is 2.23. The van der Waals surface area contributed by atoms with Gasteiger partial charge < -0.3 is 19.6 Å². The summed E-state index contributed by atoms with van der Waals surface area (Å²) in [6.45, 7) is 10.6. The Morgan fingerprint density at radius 2 is 1.79 bits per heavy atom. The number of aromatic nitrogens is 1. The van der Waals surface area contributed by atoms with Gasteiger partial charge in [0.25, 0.3) is 0 Å². The third-order valence-corrected chi connectivity index (χ3v) is 6.14. The molecule has 2 aromatic rings. The highest BCUT2D eigenvalue weighted by atomic mass is 16.3. The fraction of sp³-hybridized carbons (Fsp3) is 0.542. The van der Waals surface area contributed by atoms with Gasteiger partial charge in [0, 0.05) is 38.4 Å². The van der Waals surface area contributed by atoms with Gasteiger partial charge in [-0.05, 0) is 38.0 Å². The van der Waals surface area contributed by atoms with Crippen LogP contribution in [-0.2, 0) is 16.1 Å². The molecule has 9 nitrogen and oxygen atoms in total. The van der Waals surface area contributed by atoms with Crippen LogP contribution in [-0.4, -0.2) is 72.0 Å². The Morgan fingerprint density at radius 3 is 2.36 bits per heavy atom. The van der Waals surface area contributed by atoms with E-state index < -0.39 is 0 Å². The Morgan fingerprint density at radius 1 is 1.12 bits per heavy atom. The number of piperazine rings is 1. The molecule has 0 bridgehead atoms. The molecule has 1 saturated heterocycles. The first-order valence-corrected chi connectivity index (χ1v) is 11.6. The molecule has 2 amide bonds. The lowest BCUT2D eigenvalue weighted by Crippen LogP contribution is -2.51. The maximum absolute atomic E-state index is 12.9. The van der Waals surface area contributed by atoms with Gasteiger partial charge in [-0.3, -0.25) is 19.4 Å². The van der Waals surface area contributed by atoms with Gasteiger partial charge in [0.05, 0.1) is 31.5 Å². The number of rotatable bonds is 10. The summed E-state index contributed by atoms with van der Waals surface area (Å²) in [6.07, 6.45) is 3.66. The number of furan rings is 1. The SMILES string of the molecule is CCCCNC(=O)CN1CCN(CC(=O)Nc2c(C#N)c(C)c(C)n2Cc2ccco2)CC1. The van der Waals surface area contributed by atoms with Crippen molar-refractivity contribution in [1.29, 1.82) is 5.26 Å². The van der Waals surface area contributed by atoms with Crippen LogP contribution in [0, 0.1) is 25.2 Å². The number of nitriles is 1. The van der Waals surface area contributed by atoms with E-state index in [9.17, 15) is 14.9 Å². The molecular weight excluding hydrogens is 420 g/mol. The number of hydrogen-bond donors (Lipinski definition) is 2. The van der Waals surface area contributed by atoms with Crippen LogP contribution in [0.5, 0.6) is 0 Å². The van der Waals surface area contributed by atoms with Gasteiger partial charge in [-0.1, -0.05) is 13.3 Å². The van der Waals surface area contributed by atoms with Gasteiger partial charge in [0.15, 0.2) is 0 Å². The van der Waals surface area contributed by atoms with E-state index in [4.69, 9.17) is 4.42 Å². The lowest BCUT2D eigenvalue weighted by atomic mass is 10.2. The number of unbranched alkanes of at least 4 members (excludes halogenated alkanes) is 1. The van der Waals surface area contributed by atoms with Crippen LogP contribution in [0.3, 0.4) is 0 Å². The van der Waals surface area contributed by atoms with E-state index in [1.54, 1.807) is 6.26 Å². The fourth-order valence-electron chi connectivity index (χ4n) is 4.03. The number of carbonyl (C=O) groups excluding carboxylic acids is 2. The highest BCUT2D eigenvalue weighted by Crippen LogP contribution is 2.27. The quantitative estimate of drug-likeness (QED) is 0.533. The molecule has 0 spiro atoms. The second-order valence-corrected chi connectivity index (χ2v) is 8.52. The molecule has 0 radical (unpaired) electrons. The first-order valence-electron chi connectivity index (χ1n) is 11.6. The third-order valence-electron chi connectivity index (χ3n) is 6.14. The van der Waals surface area contributed by atoms with Crippen LogP contribution < -0.4 is 10.6 Å². The molecule has 3 heterocycles. The summed E-state index contributed by atoms with van der Waals surface area (Å²) in [5, 5.41) is 15.6. The molecule has 0 unspecified atom stereocenters. The molecule has 2 N–H and O–H groups in total. The third kappa shape index (κ3) is 6.46. The van der Waals surface area contributed by atoms with Crippen LogP contribution in [0.15, 0.2) is 22.8 Å². The van der Waals surface area contributed by atoms with E-state index in [0.29, 0.717) is 37.6 Å². The molecule has 0 saturated carbocycles. The summed E-state index contributed by atoms with van der Waals surface area (Å²) in [6, 6.07) is 5.92. The monoisotopic (exact) mass is 454 g/mol. The molecule has 0 aromatic carbocycles. The smallest absolute Gasteiger partial charge is 0.239 e. The number of hydrogen-bond acceptors (Lipinski definition) is 6. The summed E-state index contributed by atoms with van der Waals surface area (Å²) in [4.78, 5) is 29.1. The Hall–Kier alpha value is -3.09. The largest absolute Gasteiger partial charge is 0.467 e. The summed E-state index contributed by atoms with van der Waals surface area (Å²) < 4.78 is 7.38. The van der Waals surface area contributed by atoms with Crippen molar-refractivity contribution in [1.82, 2.24) is 19.7 Å². The average Bonchev–Trinajstić information content (AvgIpc) is 3.38. The Balaban J connectivity index is 1.55. The van der Waals surface area contributed by atoms with E-state index in [1.807, 2.05) is 30.5 Å². The molecule has 1 aliphatic rings. The Labute approximate surface area is 195 Å². The maximum atomic E-state index is 12.9. The second kappa shape index (κ2) is 11.7. The van der Waals surface area contributed by atoms with Crippen LogP contribution in [0.25, 0.3) is 0 Å². The molecule has 0 aliphatic carbocycles. The second-order valence-electron chi connectivity index (χ2n) is 8.52. The number of nitrogens with zero attached hydrogens (tertiary/aromatic N) is 4. The zero-order valence-electron chi connectivity index (χ0n) is 19.8. The summed E-state index contributed by atoms with van der Waals surface area (Å²) >= 11 is 0. The number of amides is 2. The minimum atomic E-state index is -0.157. The van der Waals surface area contributed by atoms with Crippen molar-refractivity contribution in [2.45, 2.75) is 40.2 Å². The minimum absolute atomic E-state index is 0.0572. The van der Waals surface area contributed by atoms with E-state index in [-0.39, 0.29) is 18.4 Å². The van der Waals surface area contributed by atoms with Crippen molar-refractivity contribution < 1.29 is 14.0 Å². The first-order chi connectivity index (χ1) is 15.9. The molecule has 1 aliphatic heterocycles. The van der Waals surface area contributed by atoms with Crippen LogP contribution >= 0.6 is 0 Å². The number of carbonyl (C=O) groups is 2. The normalized spacial score (nSPS) is 14.7. The lowest BCUT2D eigenvalue weighted by Gasteiger charge is -2.33. The number of nitrogens with one attached hydrogen (secondary N) is 2. The molecule has 1 fully saturated rings. The van der Waals surface area contributed by atoms with Gasteiger partial charge in [-0.15, -0.1) is 0 Å². The lowest BCUT2D eigenvalue weighted by molar-refractivity contribution is -0.123. The van der Waals surface area contributed by atoms with Crippen molar-refractivity contribution in [2.75, 3.05) is 51.1 Å². The van der Waals surface area contributed by atoms with Crippen molar-refractivity contribution in [2.24, 2.45) is 0 Å². The van der Waals surface area contributed by atoms with Crippen molar-refractivity contribution in [3.05, 3.63) is 41.0 Å². The standard InChI is InChI=1S/C24H34N6O3/c1-4-5-8-26-22(31)16-28-9-11-29(12-10-28)17-23(32)27-24-21(14-25)18(2)19(3)30(24)15-20-7-6-13-33-20/h6-7,13H,4-5,8-12,15-17H2,1-3H3,(H,26,31)(H,27,32). The zero-order chi connectivity index (χ0) is 23.8. The van der Waals surface area contributed by atoms with Gasteiger partial charge in [-0.25, -0.2) is 0 Å². The van der Waals surface area contributed by atoms with Crippen molar-refractivity contribution in [3.8, 4) is 6.07 Å². The molecule has 3 rings (SSSR count). The zero-order valence-corrected chi connectivity index (χ0v) is 19.8. The molecule has 2 aromatic heterocycles.